The molecule has 0 saturated heterocycles. The summed E-state index contributed by atoms with van der Waals surface area (Å²) in [5.74, 6) is -1.40. The van der Waals surface area contributed by atoms with Gasteiger partial charge in [-0.3, -0.25) is 9.48 Å². The van der Waals surface area contributed by atoms with Crippen molar-refractivity contribution in [1.29, 1.82) is 0 Å². The zero-order valence-corrected chi connectivity index (χ0v) is 9.32. The second-order valence-electron chi connectivity index (χ2n) is 2.91. The molecule has 0 saturated carbocycles. The molecule has 15 heavy (non-hydrogen) atoms. The maximum atomic E-state index is 11.6. The number of ether oxygens (including phenoxy) is 1. The second kappa shape index (κ2) is 4.43. The van der Waals surface area contributed by atoms with Crippen molar-refractivity contribution in [3.63, 3.8) is 0 Å². The van der Waals surface area contributed by atoms with E-state index in [9.17, 15) is 13.2 Å². The summed E-state index contributed by atoms with van der Waals surface area (Å²) in [5, 5.41) is 3.72. The molecule has 1 aromatic heterocycles. The number of aryl methyl sites for hydroxylation is 1. The van der Waals surface area contributed by atoms with Crippen LogP contribution in [0.3, 0.4) is 0 Å². The number of carbonyl (C=O) groups is 1. The Hall–Kier alpha value is -1.37. The number of rotatable bonds is 4. The molecular formula is C8H12N2O4S. The largest absolute Gasteiger partial charge is 0.465 e. The molecule has 1 aromatic rings. The van der Waals surface area contributed by atoms with E-state index in [1.807, 2.05) is 0 Å². The summed E-state index contributed by atoms with van der Waals surface area (Å²) in [7, 11) is -2.02. The maximum Gasteiger partial charge on any atom is 0.321 e. The van der Waals surface area contributed by atoms with Crippen molar-refractivity contribution in [1.82, 2.24) is 9.78 Å². The van der Waals surface area contributed by atoms with Gasteiger partial charge in [-0.2, -0.15) is 5.10 Å². The summed E-state index contributed by atoms with van der Waals surface area (Å²) in [6.45, 7) is 1.79. The van der Waals surface area contributed by atoms with Gasteiger partial charge in [0.2, 0.25) is 0 Å². The second-order valence-corrected chi connectivity index (χ2v) is 4.90. The predicted molar refractivity (Wildman–Crippen MR) is 51.9 cm³/mol. The van der Waals surface area contributed by atoms with Crippen LogP contribution in [0.5, 0.6) is 0 Å². The van der Waals surface area contributed by atoms with Crippen molar-refractivity contribution in [3.8, 4) is 0 Å². The maximum absolute atomic E-state index is 11.6. The smallest absolute Gasteiger partial charge is 0.321 e. The Labute approximate surface area is 87.8 Å². The van der Waals surface area contributed by atoms with Gasteiger partial charge in [-0.1, -0.05) is 0 Å². The molecule has 7 heteroatoms. The van der Waals surface area contributed by atoms with Crippen molar-refractivity contribution in [2.24, 2.45) is 7.05 Å². The highest BCUT2D eigenvalue weighted by Crippen LogP contribution is 2.09. The van der Waals surface area contributed by atoms with E-state index in [4.69, 9.17) is 0 Å². The van der Waals surface area contributed by atoms with Crippen LogP contribution >= 0.6 is 0 Å². The SMILES string of the molecule is CCOC(=O)CS(=O)(=O)c1cnn(C)c1. The van der Waals surface area contributed by atoms with E-state index in [2.05, 4.69) is 9.84 Å². The fourth-order valence-corrected chi connectivity index (χ4v) is 2.08. The lowest BCUT2D eigenvalue weighted by atomic mass is 10.7. The van der Waals surface area contributed by atoms with Crippen molar-refractivity contribution in [3.05, 3.63) is 12.4 Å². The first-order valence-electron chi connectivity index (χ1n) is 4.32. The molecule has 0 spiro atoms. The highest BCUT2D eigenvalue weighted by Gasteiger charge is 2.21. The molecule has 84 valence electrons. The number of nitrogens with zero attached hydrogens (tertiary/aromatic N) is 2. The number of hydrogen-bond acceptors (Lipinski definition) is 5. The third kappa shape index (κ3) is 3.05. The highest BCUT2D eigenvalue weighted by molar-refractivity contribution is 7.92. The average Bonchev–Trinajstić information content (AvgIpc) is 2.51. The van der Waals surface area contributed by atoms with Crippen LogP contribution in [0.4, 0.5) is 0 Å². The molecule has 6 nitrogen and oxygen atoms in total. The Bertz CT molecular complexity index is 449. The lowest BCUT2D eigenvalue weighted by Gasteiger charge is -2.01. The third-order valence-corrected chi connectivity index (χ3v) is 3.20. The normalized spacial score (nSPS) is 11.3. The van der Waals surface area contributed by atoms with Crippen LogP contribution in [0.15, 0.2) is 17.3 Å². The van der Waals surface area contributed by atoms with Crippen LogP contribution in [0.2, 0.25) is 0 Å². The molecular weight excluding hydrogens is 220 g/mol. The zero-order valence-electron chi connectivity index (χ0n) is 8.50. The number of sulfone groups is 1. The lowest BCUT2D eigenvalue weighted by molar-refractivity contribution is -0.139. The van der Waals surface area contributed by atoms with E-state index in [0.717, 1.165) is 0 Å². The van der Waals surface area contributed by atoms with Gasteiger partial charge >= 0.3 is 5.97 Å². The Morgan fingerprint density at radius 1 is 1.60 bits per heavy atom. The Kier molecular flexibility index (Phi) is 3.46. The number of aromatic nitrogens is 2. The van der Waals surface area contributed by atoms with Gasteiger partial charge in [0.15, 0.2) is 15.6 Å². The van der Waals surface area contributed by atoms with Crippen molar-refractivity contribution in [2.75, 3.05) is 12.4 Å². The first kappa shape index (κ1) is 11.7. The summed E-state index contributed by atoms with van der Waals surface area (Å²) in [4.78, 5) is 11.0. The number of esters is 1. The van der Waals surface area contributed by atoms with E-state index in [0.29, 0.717) is 0 Å². The fraction of sp³-hybridized carbons (Fsp3) is 0.500. The summed E-state index contributed by atoms with van der Waals surface area (Å²) >= 11 is 0. The van der Waals surface area contributed by atoms with Gasteiger partial charge in [0.05, 0.1) is 12.8 Å². The first-order chi connectivity index (χ1) is 6.95. The van der Waals surface area contributed by atoms with Crippen molar-refractivity contribution < 1.29 is 17.9 Å². The van der Waals surface area contributed by atoms with Crippen LogP contribution < -0.4 is 0 Å². The molecule has 0 unspecified atom stereocenters. The minimum absolute atomic E-state index is 0.0260. The zero-order chi connectivity index (χ0) is 11.5. The fourth-order valence-electron chi connectivity index (χ4n) is 1.00. The third-order valence-electron chi connectivity index (χ3n) is 1.65. The standard InChI is InChI=1S/C8H12N2O4S/c1-3-14-8(11)6-15(12,13)7-4-9-10(2)5-7/h4-5H,3,6H2,1-2H3. The first-order valence-corrected chi connectivity index (χ1v) is 5.98. The van der Waals surface area contributed by atoms with Gasteiger partial charge in [0.1, 0.15) is 4.90 Å². The van der Waals surface area contributed by atoms with E-state index in [1.165, 1.54) is 17.1 Å². The predicted octanol–water partition coefficient (Wildman–Crippen LogP) is -0.243. The quantitative estimate of drug-likeness (QED) is 0.669. The van der Waals surface area contributed by atoms with Crippen LogP contribution in [-0.2, 0) is 26.4 Å². The summed E-state index contributed by atoms with van der Waals surface area (Å²) < 4.78 is 29.1. The van der Waals surface area contributed by atoms with Crippen LogP contribution in [0.25, 0.3) is 0 Å². The molecule has 1 rings (SSSR count). The van der Waals surface area contributed by atoms with Crippen LogP contribution in [-0.4, -0.2) is 36.5 Å². The monoisotopic (exact) mass is 232 g/mol. The molecule has 0 amide bonds. The molecule has 0 aliphatic rings. The minimum Gasteiger partial charge on any atom is -0.465 e. The van der Waals surface area contributed by atoms with E-state index >= 15 is 0 Å². The van der Waals surface area contributed by atoms with Crippen molar-refractivity contribution in [2.45, 2.75) is 11.8 Å². The van der Waals surface area contributed by atoms with E-state index < -0.39 is 21.6 Å². The molecule has 0 aromatic carbocycles. The Balaban J connectivity index is 2.81. The molecule has 0 radical (unpaired) electrons. The molecule has 0 aliphatic heterocycles. The number of carbonyl (C=O) groups excluding carboxylic acids is 1. The van der Waals surface area contributed by atoms with Gasteiger partial charge in [0.25, 0.3) is 0 Å². The summed E-state index contributed by atoms with van der Waals surface area (Å²) in [6, 6.07) is 0. The Morgan fingerprint density at radius 3 is 2.73 bits per heavy atom. The van der Waals surface area contributed by atoms with Gasteiger partial charge < -0.3 is 4.74 Å². The number of hydrogen-bond donors (Lipinski definition) is 0. The average molecular weight is 232 g/mol. The van der Waals surface area contributed by atoms with Gasteiger partial charge in [0, 0.05) is 13.2 Å². The van der Waals surface area contributed by atoms with Gasteiger partial charge in [-0.25, -0.2) is 8.42 Å². The topological polar surface area (TPSA) is 78.3 Å². The minimum atomic E-state index is -3.62. The molecule has 0 fully saturated rings. The molecule has 0 N–H and O–H groups in total. The molecule has 1 heterocycles. The summed E-state index contributed by atoms with van der Waals surface area (Å²) in [5.41, 5.74) is 0. The van der Waals surface area contributed by atoms with Crippen LogP contribution in [0.1, 0.15) is 6.92 Å². The highest BCUT2D eigenvalue weighted by atomic mass is 32.2. The van der Waals surface area contributed by atoms with Gasteiger partial charge in [-0.05, 0) is 6.92 Å². The summed E-state index contributed by atoms with van der Waals surface area (Å²) in [6.07, 6.45) is 2.54. The van der Waals surface area contributed by atoms with E-state index in [-0.39, 0.29) is 11.5 Å². The molecule has 0 aliphatic carbocycles. The van der Waals surface area contributed by atoms with Crippen molar-refractivity contribution >= 4 is 15.8 Å². The van der Waals surface area contributed by atoms with E-state index in [1.54, 1.807) is 14.0 Å². The molecule has 0 bridgehead atoms. The molecule has 0 atom stereocenters. The van der Waals surface area contributed by atoms with Gasteiger partial charge in [-0.15, -0.1) is 0 Å². The van der Waals surface area contributed by atoms with Crippen LogP contribution in [0, 0.1) is 0 Å². The lowest BCUT2D eigenvalue weighted by Crippen LogP contribution is -2.18. The Morgan fingerprint density at radius 2 is 2.27 bits per heavy atom.